The van der Waals surface area contributed by atoms with E-state index in [1.165, 1.54) is 6.08 Å². The molecule has 7 heteroatoms. The van der Waals surface area contributed by atoms with E-state index in [1.807, 2.05) is 30.3 Å². The zero-order chi connectivity index (χ0) is 19.9. The molecule has 28 heavy (non-hydrogen) atoms. The summed E-state index contributed by atoms with van der Waals surface area (Å²) >= 11 is 0. The maximum absolute atomic E-state index is 11.9. The molecule has 0 radical (unpaired) electrons. The summed E-state index contributed by atoms with van der Waals surface area (Å²) in [5.74, 6) is -0.776. The minimum Gasteiger partial charge on any atom is -0.493 e. The van der Waals surface area contributed by atoms with E-state index in [9.17, 15) is 14.4 Å². The van der Waals surface area contributed by atoms with Crippen molar-refractivity contribution in [1.82, 2.24) is 5.06 Å². The highest BCUT2D eigenvalue weighted by Gasteiger charge is 2.32. The molecular weight excluding hydrogens is 362 g/mol. The number of hydrogen-bond acceptors (Lipinski definition) is 6. The van der Waals surface area contributed by atoms with Crippen LogP contribution >= 0.6 is 0 Å². The van der Waals surface area contributed by atoms with Crippen LogP contribution in [-0.2, 0) is 25.8 Å². The highest BCUT2D eigenvalue weighted by Crippen LogP contribution is 2.29. The molecule has 0 bridgehead atoms. The molecule has 0 atom stereocenters. The van der Waals surface area contributed by atoms with Crippen molar-refractivity contribution in [2.45, 2.75) is 19.4 Å². The lowest BCUT2D eigenvalue weighted by molar-refractivity contribution is -0.193. The molecule has 144 valence electrons. The Hall–Kier alpha value is -3.61. The summed E-state index contributed by atoms with van der Waals surface area (Å²) in [5.41, 5.74) is 1.67. The van der Waals surface area contributed by atoms with Gasteiger partial charge in [-0.1, -0.05) is 36.4 Å². The van der Waals surface area contributed by atoms with Crippen molar-refractivity contribution in [3.8, 4) is 11.5 Å². The summed E-state index contributed by atoms with van der Waals surface area (Å²) in [6.07, 6.45) is 2.75. The standard InChI is InChI=1S/C21H19NO6/c1-26-17-9-7-15(13-18(17)27-14-16-5-3-2-4-6-16)8-12-21(25)28-22-19(23)10-11-20(22)24/h2-9,12-13H,10-11,14H2,1H3/b12-8+. The molecule has 1 aliphatic rings. The van der Waals surface area contributed by atoms with E-state index in [2.05, 4.69) is 0 Å². The van der Waals surface area contributed by atoms with Gasteiger partial charge in [-0.05, 0) is 29.3 Å². The Balaban J connectivity index is 1.66. The van der Waals surface area contributed by atoms with E-state index in [4.69, 9.17) is 14.3 Å². The van der Waals surface area contributed by atoms with Crippen LogP contribution < -0.4 is 9.47 Å². The third-order valence-electron chi connectivity index (χ3n) is 4.02. The molecule has 2 aromatic rings. The summed E-state index contributed by atoms with van der Waals surface area (Å²) in [4.78, 5) is 39.6. The van der Waals surface area contributed by atoms with Gasteiger partial charge >= 0.3 is 5.97 Å². The Bertz CT molecular complexity index is 890. The van der Waals surface area contributed by atoms with Gasteiger partial charge in [0.2, 0.25) is 0 Å². The van der Waals surface area contributed by atoms with Crippen molar-refractivity contribution in [1.29, 1.82) is 0 Å². The van der Waals surface area contributed by atoms with Crippen LogP contribution in [0.4, 0.5) is 0 Å². The third-order valence-corrected chi connectivity index (χ3v) is 4.02. The molecule has 0 saturated carbocycles. The number of amides is 2. The molecule has 0 aliphatic carbocycles. The van der Waals surface area contributed by atoms with Gasteiger partial charge in [-0.25, -0.2) is 4.79 Å². The minimum atomic E-state index is -0.814. The van der Waals surface area contributed by atoms with E-state index in [1.54, 1.807) is 25.3 Å². The lowest BCUT2D eigenvalue weighted by Gasteiger charge is -2.12. The number of hydrogen-bond donors (Lipinski definition) is 0. The van der Waals surface area contributed by atoms with Crippen LogP contribution in [0.2, 0.25) is 0 Å². The summed E-state index contributed by atoms with van der Waals surface area (Å²) in [5, 5.41) is 0.509. The zero-order valence-corrected chi connectivity index (χ0v) is 15.3. The van der Waals surface area contributed by atoms with E-state index < -0.39 is 17.8 Å². The predicted molar refractivity (Wildman–Crippen MR) is 100.0 cm³/mol. The van der Waals surface area contributed by atoms with E-state index in [0.717, 1.165) is 11.6 Å². The summed E-state index contributed by atoms with van der Waals surface area (Å²) < 4.78 is 11.1. The Morgan fingerprint density at radius 2 is 1.75 bits per heavy atom. The van der Waals surface area contributed by atoms with Gasteiger partial charge in [0.1, 0.15) is 6.61 Å². The highest BCUT2D eigenvalue weighted by molar-refractivity contribution is 6.02. The highest BCUT2D eigenvalue weighted by atomic mass is 16.7. The number of nitrogens with zero attached hydrogens (tertiary/aromatic N) is 1. The van der Waals surface area contributed by atoms with Gasteiger partial charge in [0.25, 0.3) is 11.8 Å². The maximum Gasteiger partial charge on any atom is 0.356 e. The van der Waals surface area contributed by atoms with Gasteiger partial charge in [-0.2, -0.15) is 0 Å². The van der Waals surface area contributed by atoms with Gasteiger partial charge < -0.3 is 14.3 Å². The number of carbonyl (C=O) groups excluding carboxylic acids is 3. The van der Waals surface area contributed by atoms with Crippen LogP contribution in [0.3, 0.4) is 0 Å². The van der Waals surface area contributed by atoms with Gasteiger partial charge in [-0.15, -0.1) is 5.06 Å². The fourth-order valence-corrected chi connectivity index (χ4v) is 2.59. The molecule has 1 aliphatic heterocycles. The Kier molecular flexibility index (Phi) is 6.06. The average Bonchev–Trinajstić information content (AvgIpc) is 3.03. The summed E-state index contributed by atoms with van der Waals surface area (Å²) in [6, 6.07) is 14.9. The second-order valence-corrected chi connectivity index (χ2v) is 6.01. The summed E-state index contributed by atoms with van der Waals surface area (Å²) in [7, 11) is 1.54. The number of carbonyl (C=O) groups is 3. The minimum absolute atomic E-state index is 0.0520. The molecular formula is C21H19NO6. The number of rotatable bonds is 7. The molecule has 0 N–H and O–H groups in total. The summed E-state index contributed by atoms with van der Waals surface area (Å²) in [6.45, 7) is 0.367. The van der Waals surface area contributed by atoms with Gasteiger partial charge in [-0.3, -0.25) is 9.59 Å². The molecule has 1 saturated heterocycles. The Morgan fingerprint density at radius 3 is 2.43 bits per heavy atom. The predicted octanol–water partition coefficient (Wildman–Crippen LogP) is 2.89. The number of hydroxylamine groups is 2. The topological polar surface area (TPSA) is 82.1 Å². The zero-order valence-electron chi connectivity index (χ0n) is 15.3. The largest absolute Gasteiger partial charge is 0.493 e. The molecule has 1 fully saturated rings. The number of benzene rings is 2. The third kappa shape index (κ3) is 4.76. The average molecular weight is 381 g/mol. The first kappa shape index (κ1) is 19.2. The van der Waals surface area contributed by atoms with Crippen LogP contribution in [0.5, 0.6) is 11.5 Å². The first-order chi connectivity index (χ1) is 13.6. The first-order valence-electron chi connectivity index (χ1n) is 8.67. The van der Waals surface area contributed by atoms with Crippen molar-refractivity contribution in [2.24, 2.45) is 0 Å². The molecule has 3 rings (SSSR count). The van der Waals surface area contributed by atoms with Crippen molar-refractivity contribution in [2.75, 3.05) is 7.11 Å². The maximum atomic E-state index is 11.9. The molecule has 0 unspecified atom stereocenters. The van der Waals surface area contributed by atoms with Crippen molar-refractivity contribution >= 4 is 23.9 Å². The smallest absolute Gasteiger partial charge is 0.356 e. The first-order valence-corrected chi connectivity index (χ1v) is 8.67. The molecule has 2 amide bonds. The second kappa shape index (κ2) is 8.85. The van der Waals surface area contributed by atoms with E-state index in [0.29, 0.717) is 28.7 Å². The van der Waals surface area contributed by atoms with Crippen LogP contribution in [0.25, 0.3) is 6.08 Å². The fourth-order valence-electron chi connectivity index (χ4n) is 2.59. The lowest BCUT2D eigenvalue weighted by Crippen LogP contribution is -2.31. The molecule has 7 nitrogen and oxygen atoms in total. The lowest BCUT2D eigenvalue weighted by atomic mass is 10.2. The monoisotopic (exact) mass is 381 g/mol. The fraction of sp³-hybridized carbons (Fsp3) is 0.190. The van der Waals surface area contributed by atoms with Gasteiger partial charge in [0.05, 0.1) is 7.11 Å². The van der Waals surface area contributed by atoms with Crippen LogP contribution in [0.15, 0.2) is 54.6 Å². The Morgan fingerprint density at radius 1 is 1.04 bits per heavy atom. The normalized spacial score (nSPS) is 13.8. The van der Waals surface area contributed by atoms with Crippen LogP contribution in [0.1, 0.15) is 24.0 Å². The van der Waals surface area contributed by atoms with Crippen molar-refractivity contribution in [3.05, 3.63) is 65.7 Å². The molecule has 1 heterocycles. The SMILES string of the molecule is COc1ccc(/C=C/C(=O)ON2C(=O)CCC2=O)cc1OCc1ccccc1. The number of methoxy groups -OCH3 is 1. The second-order valence-electron chi connectivity index (χ2n) is 6.01. The molecule has 0 spiro atoms. The van der Waals surface area contributed by atoms with Crippen LogP contribution in [0, 0.1) is 0 Å². The van der Waals surface area contributed by atoms with Gasteiger partial charge in [0.15, 0.2) is 11.5 Å². The molecule has 2 aromatic carbocycles. The van der Waals surface area contributed by atoms with E-state index in [-0.39, 0.29) is 12.8 Å². The Labute approximate surface area is 162 Å². The van der Waals surface area contributed by atoms with E-state index >= 15 is 0 Å². The van der Waals surface area contributed by atoms with Gasteiger partial charge in [0, 0.05) is 18.9 Å². The number of ether oxygens (including phenoxy) is 2. The van der Waals surface area contributed by atoms with Crippen molar-refractivity contribution in [3.63, 3.8) is 0 Å². The number of imide groups is 1. The van der Waals surface area contributed by atoms with Crippen LogP contribution in [-0.4, -0.2) is 30.0 Å². The molecule has 0 aromatic heterocycles. The quantitative estimate of drug-likeness (QED) is 0.542. The van der Waals surface area contributed by atoms with Crippen molar-refractivity contribution < 1.29 is 28.7 Å².